The molecule has 2 unspecified atom stereocenters. The first kappa shape index (κ1) is 12.7. The van der Waals surface area contributed by atoms with E-state index in [9.17, 15) is 13.2 Å². The minimum atomic E-state index is -4.51. The van der Waals surface area contributed by atoms with Gasteiger partial charge in [0.15, 0.2) is 0 Å². The summed E-state index contributed by atoms with van der Waals surface area (Å²) in [6, 6.07) is 0.588. The lowest BCUT2D eigenvalue weighted by Gasteiger charge is -2.37. The van der Waals surface area contributed by atoms with Gasteiger partial charge in [-0.1, -0.05) is 0 Å². The zero-order chi connectivity index (χ0) is 11.5. The van der Waals surface area contributed by atoms with Crippen molar-refractivity contribution in [3.8, 4) is 0 Å². The van der Waals surface area contributed by atoms with Crippen LogP contribution >= 0.6 is 0 Å². The van der Waals surface area contributed by atoms with Gasteiger partial charge in [0.05, 0.1) is 6.61 Å². The Morgan fingerprint density at radius 2 is 2.07 bits per heavy atom. The topological polar surface area (TPSA) is 24.5 Å². The maximum atomic E-state index is 11.7. The summed E-state index contributed by atoms with van der Waals surface area (Å²) in [7, 11) is 0. The van der Waals surface area contributed by atoms with E-state index in [2.05, 4.69) is 10.1 Å². The van der Waals surface area contributed by atoms with Gasteiger partial charge in [-0.25, -0.2) is 0 Å². The first-order valence-corrected chi connectivity index (χ1v) is 5.06. The van der Waals surface area contributed by atoms with Crippen LogP contribution in [0, 0.1) is 0 Å². The van der Waals surface area contributed by atoms with Crippen LogP contribution in [0.15, 0.2) is 0 Å². The molecule has 0 aromatic heterocycles. The molecule has 1 saturated heterocycles. The Morgan fingerprint density at radius 3 is 2.67 bits per heavy atom. The number of hydrogen-bond acceptors (Lipinski definition) is 3. The second-order valence-electron chi connectivity index (χ2n) is 3.95. The third-order valence-electron chi connectivity index (χ3n) is 2.54. The number of nitrogens with one attached hydrogen (secondary N) is 1. The van der Waals surface area contributed by atoms with E-state index >= 15 is 0 Å². The Hall–Kier alpha value is -0.330. The lowest BCUT2D eigenvalue weighted by atomic mass is 10.1. The number of hydrogen-bond donors (Lipinski definition) is 1. The third-order valence-corrected chi connectivity index (χ3v) is 2.54. The molecule has 0 radical (unpaired) electrons. The molecule has 1 N–H and O–H groups in total. The van der Waals surface area contributed by atoms with Crippen LogP contribution in [0.25, 0.3) is 0 Å². The van der Waals surface area contributed by atoms with Crippen LogP contribution in [-0.4, -0.2) is 49.6 Å². The van der Waals surface area contributed by atoms with E-state index in [4.69, 9.17) is 0 Å². The fourth-order valence-corrected chi connectivity index (χ4v) is 1.69. The molecular weight excluding hydrogens is 209 g/mol. The van der Waals surface area contributed by atoms with E-state index in [0.717, 1.165) is 13.1 Å². The first-order chi connectivity index (χ1) is 6.88. The van der Waals surface area contributed by atoms with Crippen molar-refractivity contribution in [3.63, 3.8) is 0 Å². The Kier molecular flexibility index (Phi) is 4.36. The van der Waals surface area contributed by atoms with Crippen molar-refractivity contribution in [3.05, 3.63) is 0 Å². The van der Waals surface area contributed by atoms with Crippen molar-refractivity contribution in [2.45, 2.75) is 32.3 Å². The van der Waals surface area contributed by atoms with Crippen LogP contribution in [0.4, 0.5) is 13.2 Å². The average Bonchev–Trinajstić information content (AvgIpc) is 2.09. The van der Waals surface area contributed by atoms with Crippen molar-refractivity contribution >= 4 is 0 Å². The number of piperazine rings is 1. The Labute approximate surface area is 87.6 Å². The number of ether oxygens (including phenoxy) is 1. The van der Waals surface area contributed by atoms with Gasteiger partial charge < -0.3 is 5.32 Å². The summed E-state index contributed by atoms with van der Waals surface area (Å²) < 4.78 is 38.9. The monoisotopic (exact) mass is 226 g/mol. The summed E-state index contributed by atoms with van der Waals surface area (Å²) >= 11 is 0. The minimum Gasteiger partial charge on any atom is -0.311 e. The average molecular weight is 226 g/mol. The number of rotatable bonds is 3. The highest BCUT2D eigenvalue weighted by Gasteiger charge is 2.30. The molecule has 0 aromatic carbocycles. The lowest BCUT2D eigenvalue weighted by Crippen LogP contribution is -2.55. The van der Waals surface area contributed by atoms with Crippen LogP contribution in [0.3, 0.4) is 0 Å². The zero-order valence-electron chi connectivity index (χ0n) is 8.97. The predicted molar refractivity (Wildman–Crippen MR) is 50.5 cm³/mol. The van der Waals surface area contributed by atoms with E-state index in [1.807, 2.05) is 18.7 Å². The summed E-state index contributed by atoms with van der Waals surface area (Å²) in [6.07, 6.45) is -4.51. The van der Waals surface area contributed by atoms with Crippen molar-refractivity contribution in [2.75, 3.05) is 26.2 Å². The summed E-state index contributed by atoms with van der Waals surface area (Å²) in [5.41, 5.74) is 0. The SMILES string of the molecule is CC1CN(CCOC(F)(F)F)C(C)CN1. The van der Waals surface area contributed by atoms with E-state index in [0.29, 0.717) is 12.6 Å². The quantitative estimate of drug-likeness (QED) is 0.782. The van der Waals surface area contributed by atoms with Gasteiger partial charge >= 0.3 is 6.36 Å². The van der Waals surface area contributed by atoms with Crippen LogP contribution in [0.5, 0.6) is 0 Å². The van der Waals surface area contributed by atoms with Gasteiger partial charge in [0.25, 0.3) is 0 Å². The van der Waals surface area contributed by atoms with Crippen LogP contribution in [0.2, 0.25) is 0 Å². The van der Waals surface area contributed by atoms with Gasteiger partial charge in [0.2, 0.25) is 0 Å². The van der Waals surface area contributed by atoms with Gasteiger partial charge in [-0.2, -0.15) is 0 Å². The highest BCUT2D eigenvalue weighted by molar-refractivity contribution is 4.80. The van der Waals surface area contributed by atoms with Crippen molar-refractivity contribution in [1.82, 2.24) is 10.2 Å². The molecule has 0 amide bonds. The van der Waals surface area contributed by atoms with Gasteiger partial charge in [0.1, 0.15) is 0 Å². The third kappa shape index (κ3) is 4.81. The number of halogens is 3. The van der Waals surface area contributed by atoms with Gasteiger partial charge in [-0.05, 0) is 13.8 Å². The molecule has 0 aromatic rings. The molecule has 0 aliphatic carbocycles. The highest BCUT2D eigenvalue weighted by atomic mass is 19.4. The molecule has 15 heavy (non-hydrogen) atoms. The fraction of sp³-hybridized carbons (Fsp3) is 1.00. The molecule has 2 atom stereocenters. The molecule has 1 fully saturated rings. The minimum absolute atomic E-state index is 0.262. The second-order valence-corrected chi connectivity index (χ2v) is 3.95. The smallest absolute Gasteiger partial charge is 0.311 e. The molecule has 1 rings (SSSR count). The van der Waals surface area contributed by atoms with Crippen molar-refractivity contribution in [2.24, 2.45) is 0 Å². The summed E-state index contributed by atoms with van der Waals surface area (Å²) in [6.45, 7) is 5.62. The van der Waals surface area contributed by atoms with E-state index < -0.39 is 6.36 Å². The Morgan fingerprint density at radius 1 is 1.40 bits per heavy atom. The molecule has 1 aliphatic rings. The maximum absolute atomic E-state index is 11.7. The van der Waals surface area contributed by atoms with E-state index in [-0.39, 0.29) is 12.6 Å². The Balaban J connectivity index is 2.24. The van der Waals surface area contributed by atoms with Crippen molar-refractivity contribution < 1.29 is 17.9 Å². The van der Waals surface area contributed by atoms with Crippen LogP contribution in [-0.2, 0) is 4.74 Å². The Bertz CT molecular complexity index is 198. The zero-order valence-corrected chi connectivity index (χ0v) is 8.97. The van der Waals surface area contributed by atoms with Gasteiger partial charge in [0, 0.05) is 31.7 Å². The number of alkyl halides is 3. The fourth-order valence-electron chi connectivity index (χ4n) is 1.69. The summed E-state index contributed by atoms with van der Waals surface area (Å²) in [5, 5.41) is 3.26. The van der Waals surface area contributed by atoms with Gasteiger partial charge in [-0.3, -0.25) is 9.64 Å². The first-order valence-electron chi connectivity index (χ1n) is 5.06. The molecule has 90 valence electrons. The second kappa shape index (κ2) is 5.14. The van der Waals surface area contributed by atoms with E-state index in [1.54, 1.807) is 0 Å². The highest BCUT2D eigenvalue weighted by Crippen LogP contribution is 2.16. The maximum Gasteiger partial charge on any atom is 0.522 e. The van der Waals surface area contributed by atoms with E-state index in [1.165, 1.54) is 0 Å². The standard InChI is InChI=1S/C9H17F3N2O/c1-7-6-14(8(2)5-13-7)3-4-15-9(10,11)12/h7-8,13H,3-6H2,1-2H3. The summed E-state index contributed by atoms with van der Waals surface area (Å²) in [5.74, 6) is 0. The van der Waals surface area contributed by atoms with Crippen LogP contribution in [0.1, 0.15) is 13.8 Å². The largest absolute Gasteiger partial charge is 0.522 e. The molecule has 1 aliphatic heterocycles. The molecule has 0 bridgehead atoms. The normalized spacial score (nSPS) is 29.4. The molecular formula is C9H17F3N2O. The number of nitrogens with zero attached hydrogens (tertiary/aromatic N) is 1. The van der Waals surface area contributed by atoms with Crippen molar-refractivity contribution in [1.29, 1.82) is 0 Å². The molecule has 0 spiro atoms. The summed E-state index contributed by atoms with van der Waals surface area (Å²) in [4.78, 5) is 2.01. The predicted octanol–water partition coefficient (Wildman–Crippen LogP) is 1.21. The van der Waals surface area contributed by atoms with Gasteiger partial charge in [-0.15, -0.1) is 13.2 Å². The molecule has 1 heterocycles. The molecule has 3 nitrogen and oxygen atoms in total. The molecule has 0 saturated carbocycles. The van der Waals surface area contributed by atoms with Crippen LogP contribution < -0.4 is 5.32 Å². The lowest BCUT2D eigenvalue weighted by molar-refractivity contribution is -0.325. The molecule has 6 heteroatoms.